The summed E-state index contributed by atoms with van der Waals surface area (Å²) in [7, 11) is 0. The molecule has 2 aromatic rings. The quantitative estimate of drug-likeness (QED) is 0.687. The van der Waals surface area contributed by atoms with Gasteiger partial charge >= 0.3 is 6.18 Å². The molecule has 3 rings (SSSR count). The molecule has 32 heavy (non-hydrogen) atoms. The fraction of sp³-hybridized carbons (Fsp3) is 0.429. The molecule has 1 saturated heterocycles. The van der Waals surface area contributed by atoms with Gasteiger partial charge in [-0.3, -0.25) is 9.59 Å². The zero-order chi connectivity index (χ0) is 23.7. The smallest absolute Gasteiger partial charge is 0.353 e. The number of pyridine rings is 2. The van der Waals surface area contributed by atoms with E-state index in [0.29, 0.717) is 25.1 Å². The number of nitrogens with one attached hydrogen (secondary N) is 2. The molecule has 0 saturated carbocycles. The number of carbonyl (C=O) groups excluding carboxylic acids is 2. The van der Waals surface area contributed by atoms with Gasteiger partial charge in [0, 0.05) is 37.0 Å². The third-order valence-electron chi connectivity index (χ3n) is 5.14. The minimum Gasteiger partial charge on any atom is -0.353 e. The number of alkyl halides is 3. The molecule has 3 heterocycles. The summed E-state index contributed by atoms with van der Waals surface area (Å²) in [6.45, 7) is 6.11. The number of anilines is 2. The Bertz CT molecular complexity index is 1030. The SMILES string of the molecule is CC(C)C(=O)Nc1cc(C(=O)NC2(C)CCN(c3ncc(C(F)(F)F)cc3Cl)C2)ccn1. The van der Waals surface area contributed by atoms with Crippen LogP contribution in [0, 0.1) is 5.92 Å². The lowest BCUT2D eigenvalue weighted by Crippen LogP contribution is -2.48. The summed E-state index contributed by atoms with van der Waals surface area (Å²) < 4.78 is 38.6. The van der Waals surface area contributed by atoms with E-state index in [9.17, 15) is 22.8 Å². The topological polar surface area (TPSA) is 87.2 Å². The van der Waals surface area contributed by atoms with E-state index in [1.165, 1.54) is 18.3 Å². The van der Waals surface area contributed by atoms with E-state index in [-0.39, 0.29) is 34.4 Å². The minimum atomic E-state index is -4.53. The predicted octanol–water partition coefficient (Wildman–Crippen LogP) is 4.14. The molecule has 7 nitrogen and oxygen atoms in total. The van der Waals surface area contributed by atoms with Gasteiger partial charge in [-0.05, 0) is 31.5 Å². The first-order chi connectivity index (χ1) is 14.9. The molecule has 0 bridgehead atoms. The highest BCUT2D eigenvalue weighted by atomic mass is 35.5. The lowest BCUT2D eigenvalue weighted by Gasteiger charge is -2.27. The fourth-order valence-corrected chi connectivity index (χ4v) is 3.61. The zero-order valence-electron chi connectivity index (χ0n) is 17.8. The van der Waals surface area contributed by atoms with Gasteiger partial charge < -0.3 is 15.5 Å². The molecule has 1 atom stereocenters. The van der Waals surface area contributed by atoms with Crippen LogP contribution in [0.3, 0.4) is 0 Å². The van der Waals surface area contributed by atoms with Crippen molar-refractivity contribution in [3.63, 3.8) is 0 Å². The highest BCUT2D eigenvalue weighted by molar-refractivity contribution is 6.33. The Balaban J connectivity index is 1.69. The number of hydrogen-bond donors (Lipinski definition) is 2. The maximum atomic E-state index is 12.9. The standard InChI is InChI=1S/C21H23ClF3N5O2/c1-12(2)18(31)28-16-8-13(4-6-26-16)19(32)29-20(3)5-7-30(11-20)17-15(22)9-14(10-27-17)21(23,24)25/h4,6,8-10,12H,5,7,11H2,1-3H3,(H,29,32)(H,26,28,31). The summed E-state index contributed by atoms with van der Waals surface area (Å²) in [5.74, 6) is -0.295. The Hall–Kier alpha value is -2.88. The van der Waals surface area contributed by atoms with Gasteiger partial charge in [0.25, 0.3) is 5.91 Å². The summed E-state index contributed by atoms with van der Waals surface area (Å²) in [4.78, 5) is 34.4. The van der Waals surface area contributed by atoms with Crippen molar-refractivity contribution in [2.24, 2.45) is 5.92 Å². The van der Waals surface area contributed by atoms with Gasteiger partial charge in [0.2, 0.25) is 5.91 Å². The van der Waals surface area contributed by atoms with Gasteiger partial charge in [0.1, 0.15) is 11.6 Å². The van der Waals surface area contributed by atoms with Crippen molar-refractivity contribution in [2.75, 3.05) is 23.3 Å². The van der Waals surface area contributed by atoms with Gasteiger partial charge in [-0.2, -0.15) is 13.2 Å². The number of aromatic nitrogens is 2. The van der Waals surface area contributed by atoms with Gasteiger partial charge in [0.15, 0.2) is 0 Å². The lowest BCUT2D eigenvalue weighted by atomic mass is 10.0. The molecule has 172 valence electrons. The van der Waals surface area contributed by atoms with Crippen LogP contribution in [0.1, 0.15) is 43.1 Å². The number of carbonyl (C=O) groups is 2. The van der Waals surface area contributed by atoms with Crippen molar-refractivity contribution >= 4 is 35.1 Å². The summed E-state index contributed by atoms with van der Waals surface area (Å²) >= 11 is 6.06. The van der Waals surface area contributed by atoms with E-state index < -0.39 is 17.3 Å². The third kappa shape index (κ3) is 5.48. The number of rotatable bonds is 5. The van der Waals surface area contributed by atoms with Crippen molar-refractivity contribution in [3.8, 4) is 0 Å². The average Bonchev–Trinajstić information content (AvgIpc) is 3.08. The molecule has 1 fully saturated rings. The fourth-order valence-electron chi connectivity index (χ4n) is 3.32. The molecule has 2 N–H and O–H groups in total. The van der Waals surface area contributed by atoms with Gasteiger partial charge in [-0.1, -0.05) is 25.4 Å². The lowest BCUT2D eigenvalue weighted by molar-refractivity contribution is -0.137. The van der Waals surface area contributed by atoms with E-state index in [2.05, 4.69) is 20.6 Å². The van der Waals surface area contributed by atoms with Crippen LogP contribution in [0.2, 0.25) is 5.02 Å². The molecule has 0 radical (unpaired) electrons. The molecule has 0 spiro atoms. The number of hydrogen-bond acceptors (Lipinski definition) is 5. The minimum absolute atomic E-state index is 0.102. The summed E-state index contributed by atoms with van der Waals surface area (Å²) in [5.41, 5.74) is -1.25. The van der Waals surface area contributed by atoms with Crippen LogP contribution in [-0.2, 0) is 11.0 Å². The van der Waals surface area contributed by atoms with Gasteiger partial charge in [-0.15, -0.1) is 0 Å². The molecule has 2 amide bonds. The van der Waals surface area contributed by atoms with Crippen molar-refractivity contribution in [1.82, 2.24) is 15.3 Å². The van der Waals surface area contributed by atoms with Gasteiger partial charge in [-0.25, -0.2) is 9.97 Å². The van der Waals surface area contributed by atoms with Crippen molar-refractivity contribution < 1.29 is 22.8 Å². The van der Waals surface area contributed by atoms with Crippen LogP contribution in [0.25, 0.3) is 0 Å². The maximum Gasteiger partial charge on any atom is 0.417 e. The van der Waals surface area contributed by atoms with E-state index in [1.54, 1.807) is 18.7 Å². The average molecular weight is 470 g/mol. The van der Waals surface area contributed by atoms with Crippen LogP contribution < -0.4 is 15.5 Å². The van der Waals surface area contributed by atoms with Crippen LogP contribution in [-0.4, -0.2) is 40.4 Å². The van der Waals surface area contributed by atoms with Crippen LogP contribution in [0.5, 0.6) is 0 Å². The van der Waals surface area contributed by atoms with Crippen molar-refractivity contribution in [1.29, 1.82) is 0 Å². The zero-order valence-corrected chi connectivity index (χ0v) is 18.5. The normalized spacial score (nSPS) is 18.7. The molecule has 0 aromatic carbocycles. The molecular formula is C21H23ClF3N5O2. The Morgan fingerprint density at radius 1 is 1.25 bits per heavy atom. The van der Waals surface area contributed by atoms with E-state index in [0.717, 1.165) is 12.3 Å². The molecule has 1 unspecified atom stereocenters. The van der Waals surface area contributed by atoms with Crippen LogP contribution in [0.15, 0.2) is 30.6 Å². The number of halogens is 4. The Morgan fingerprint density at radius 3 is 2.59 bits per heavy atom. The second kappa shape index (κ2) is 8.93. The van der Waals surface area contributed by atoms with Crippen molar-refractivity contribution in [3.05, 3.63) is 46.7 Å². The Morgan fingerprint density at radius 2 is 1.97 bits per heavy atom. The third-order valence-corrected chi connectivity index (χ3v) is 5.41. The first kappa shape index (κ1) is 23.8. The molecule has 0 aliphatic carbocycles. The summed E-state index contributed by atoms with van der Waals surface area (Å²) in [6.07, 6.45) is -1.81. The predicted molar refractivity (Wildman–Crippen MR) is 115 cm³/mol. The molecule has 2 aromatic heterocycles. The summed E-state index contributed by atoms with van der Waals surface area (Å²) in [5, 5.41) is 5.50. The molecular weight excluding hydrogens is 447 g/mol. The molecule has 1 aliphatic heterocycles. The van der Waals surface area contributed by atoms with Crippen LogP contribution in [0.4, 0.5) is 24.8 Å². The largest absolute Gasteiger partial charge is 0.417 e. The summed E-state index contributed by atoms with van der Waals surface area (Å²) in [6, 6.07) is 3.87. The van der Waals surface area contributed by atoms with E-state index in [1.807, 2.05) is 6.92 Å². The highest BCUT2D eigenvalue weighted by Gasteiger charge is 2.38. The Kier molecular flexibility index (Phi) is 6.64. The maximum absolute atomic E-state index is 12.9. The second-order valence-electron chi connectivity index (χ2n) is 8.29. The first-order valence-corrected chi connectivity index (χ1v) is 10.3. The highest BCUT2D eigenvalue weighted by Crippen LogP contribution is 2.35. The number of amides is 2. The number of nitrogens with zero attached hydrogens (tertiary/aromatic N) is 3. The molecule has 1 aliphatic rings. The first-order valence-electron chi connectivity index (χ1n) is 9.95. The van der Waals surface area contributed by atoms with E-state index in [4.69, 9.17) is 11.6 Å². The monoisotopic (exact) mass is 469 g/mol. The van der Waals surface area contributed by atoms with Crippen LogP contribution >= 0.6 is 11.6 Å². The van der Waals surface area contributed by atoms with E-state index >= 15 is 0 Å². The Labute approximate surface area is 188 Å². The van der Waals surface area contributed by atoms with Gasteiger partial charge in [0.05, 0.1) is 16.1 Å². The second-order valence-corrected chi connectivity index (χ2v) is 8.69. The molecule has 11 heteroatoms. The van der Waals surface area contributed by atoms with Crippen molar-refractivity contribution in [2.45, 2.75) is 38.9 Å².